The van der Waals surface area contributed by atoms with Crippen molar-refractivity contribution in [2.45, 2.75) is 44.6 Å². The van der Waals surface area contributed by atoms with E-state index < -0.39 is 0 Å². The topological polar surface area (TPSA) is 85.7 Å². The number of phenols is 1. The third-order valence-corrected chi connectivity index (χ3v) is 5.32. The van der Waals surface area contributed by atoms with E-state index in [0.717, 1.165) is 29.2 Å². The Bertz CT molecular complexity index is 836. The van der Waals surface area contributed by atoms with Gasteiger partial charge in [-0.2, -0.15) is 0 Å². The van der Waals surface area contributed by atoms with Crippen molar-refractivity contribution in [3.05, 3.63) is 47.2 Å². The molecule has 0 saturated heterocycles. The third-order valence-electron chi connectivity index (χ3n) is 4.29. The third kappa shape index (κ3) is 6.78. The Morgan fingerprint density at radius 3 is 2.62 bits per heavy atom. The van der Waals surface area contributed by atoms with Crippen LogP contribution in [0.3, 0.4) is 0 Å². The molecule has 0 atom stereocenters. The summed E-state index contributed by atoms with van der Waals surface area (Å²) >= 11 is 1.61. The highest BCUT2D eigenvalue weighted by atomic mass is 32.2. The van der Waals surface area contributed by atoms with Crippen molar-refractivity contribution >= 4 is 23.5 Å². The highest BCUT2D eigenvalue weighted by Crippen LogP contribution is 2.33. The molecule has 0 spiro atoms. The van der Waals surface area contributed by atoms with Gasteiger partial charge in [-0.15, -0.1) is 11.8 Å². The van der Waals surface area contributed by atoms with Crippen LogP contribution in [0.1, 0.15) is 48.2 Å². The number of aromatic nitrogens is 1. The largest absolute Gasteiger partial charge is 0.507 e. The number of benzene rings is 1. The molecule has 0 aliphatic heterocycles. The van der Waals surface area contributed by atoms with E-state index in [1.165, 1.54) is 14.0 Å². The van der Waals surface area contributed by atoms with Crippen LogP contribution in [-0.2, 0) is 22.4 Å². The standard InChI is InChI=1S/C22H27NO5S/c1-4-6-18-19(9-8-17(15(2)24)22(18)26)28-11-5-12-29-20-10-7-16(14-23-20)13-21(25)27-3/h7-10,14,26H,4-6,11-13H2,1-3H3. The molecule has 0 amide bonds. The predicted molar refractivity (Wildman–Crippen MR) is 113 cm³/mol. The lowest BCUT2D eigenvalue weighted by atomic mass is 10.0. The fourth-order valence-electron chi connectivity index (χ4n) is 2.79. The molecule has 2 rings (SSSR count). The number of ether oxygens (including phenoxy) is 2. The Hall–Kier alpha value is -2.54. The minimum atomic E-state index is -0.283. The summed E-state index contributed by atoms with van der Waals surface area (Å²) in [4.78, 5) is 27.2. The highest BCUT2D eigenvalue weighted by molar-refractivity contribution is 7.99. The number of carbonyl (C=O) groups is 2. The number of Topliss-reactive ketones (excluding diaryl/α,β-unsaturated/α-hetero) is 1. The zero-order valence-corrected chi connectivity index (χ0v) is 17.9. The van der Waals surface area contributed by atoms with Gasteiger partial charge in [-0.1, -0.05) is 19.4 Å². The van der Waals surface area contributed by atoms with Crippen LogP contribution in [0.25, 0.3) is 0 Å². The quantitative estimate of drug-likeness (QED) is 0.254. The molecule has 0 aliphatic carbocycles. The second kappa shape index (κ2) is 11.5. The van der Waals surface area contributed by atoms with Crippen LogP contribution < -0.4 is 4.74 Å². The number of hydrogen-bond donors (Lipinski definition) is 1. The number of ketones is 1. The Morgan fingerprint density at radius 2 is 2.00 bits per heavy atom. The number of esters is 1. The average molecular weight is 418 g/mol. The van der Waals surface area contributed by atoms with Crippen molar-refractivity contribution in [2.24, 2.45) is 0 Å². The zero-order valence-electron chi connectivity index (χ0n) is 17.1. The van der Waals surface area contributed by atoms with Gasteiger partial charge in [0, 0.05) is 17.5 Å². The minimum absolute atomic E-state index is 0.0301. The van der Waals surface area contributed by atoms with Gasteiger partial charge in [0.05, 0.1) is 30.7 Å². The van der Waals surface area contributed by atoms with Crippen LogP contribution in [0.2, 0.25) is 0 Å². The van der Waals surface area contributed by atoms with Gasteiger partial charge in [0.15, 0.2) is 5.78 Å². The van der Waals surface area contributed by atoms with E-state index in [4.69, 9.17) is 4.74 Å². The normalized spacial score (nSPS) is 10.6. The Kier molecular flexibility index (Phi) is 8.99. The lowest BCUT2D eigenvalue weighted by Crippen LogP contribution is -2.05. The molecular formula is C22H27NO5S. The van der Waals surface area contributed by atoms with E-state index in [1.54, 1.807) is 30.1 Å². The van der Waals surface area contributed by atoms with Gasteiger partial charge < -0.3 is 14.6 Å². The Labute approximate surface area is 175 Å². The van der Waals surface area contributed by atoms with E-state index in [2.05, 4.69) is 9.72 Å². The van der Waals surface area contributed by atoms with Crippen LogP contribution in [0, 0.1) is 0 Å². The molecule has 0 bridgehead atoms. The maximum Gasteiger partial charge on any atom is 0.310 e. The number of rotatable bonds is 11. The van der Waals surface area contributed by atoms with Gasteiger partial charge in [0.25, 0.3) is 0 Å². The summed E-state index contributed by atoms with van der Waals surface area (Å²) in [6.07, 6.45) is 4.21. The molecular weight excluding hydrogens is 390 g/mol. The van der Waals surface area contributed by atoms with Gasteiger partial charge in [0.1, 0.15) is 11.5 Å². The second-order valence-electron chi connectivity index (χ2n) is 6.55. The van der Waals surface area contributed by atoms with Crippen molar-refractivity contribution in [3.63, 3.8) is 0 Å². The monoisotopic (exact) mass is 417 g/mol. The molecule has 0 saturated carbocycles. The van der Waals surface area contributed by atoms with Crippen molar-refractivity contribution in [1.82, 2.24) is 4.98 Å². The number of nitrogens with zero attached hydrogens (tertiary/aromatic N) is 1. The lowest BCUT2D eigenvalue weighted by molar-refractivity contribution is -0.139. The molecule has 156 valence electrons. The van der Waals surface area contributed by atoms with Gasteiger partial charge >= 0.3 is 5.97 Å². The molecule has 1 aromatic carbocycles. The maximum absolute atomic E-state index is 11.6. The molecule has 1 N–H and O–H groups in total. The summed E-state index contributed by atoms with van der Waals surface area (Å²) in [5.41, 5.74) is 1.84. The molecule has 0 fully saturated rings. The van der Waals surface area contributed by atoms with E-state index in [-0.39, 0.29) is 23.9 Å². The highest BCUT2D eigenvalue weighted by Gasteiger charge is 2.15. The Balaban J connectivity index is 1.84. The van der Waals surface area contributed by atoms with Gasteiger partial charge in [-0.05, 0) is 43.5 Å². The first kappa shape index (κ1) is 22.7. The SMILES string of the molecule is CCCc1c(OCCCSc2ccc(CC(=O)OC)cn2)ccc(C(C)=O)c1O. The fraction of sp³-hybridized carbons (Fsp3) is 0.409. The fourth-order valence-corrected chi connectivity index (χ4v) is 3.55. The molecule has 2 aromatic rings. The molecule has 1 aromatic heterocycles. The van der Waals surface area contributed by atoms with Crippen molar-refractivity contribution in [2.75, 3.05) is 19.5 Å². The summed E-state index contributed by atoms with van der Waals surface area (Å²) in [6, 6.07) is 7.14. The van der Waals surface area contributed by atoms with E-state index in [1.807, 2.05) is 19.1 Å². The van der Waals surface area contributed by atoms with E-state index >= 15 is 0 Å². The average Bonchev–Trinajstić information content (AvgIpc) is 2.71. The van der Waals surface area contributed by atoms with Gasteiger partial charge in [-0.25, -0.2) is 4.98 Å². The molecule has 0 unspecified atom stereocenters. The van der Waals surface area contributed by atoms with E-state index in [0.29, 0.717) is 29.9 Å². The van der Waals surface area contributed by atoms with Crippen LogP contribution in [0.5, 0.6) is 11.5 Å². The first-order chi connectivity index (χ1) is 14.0. The Morgan fingerprint density at radius 1 is 1.21 bits per heavy atom. The summed E-state index contributed by atoms with van der Waals surface area (Å²) < 4.78 is 10.5. The number of carbonyl (C=O) groups excluding carboxylic acids is 2. The summed E-state index contributed by atoms with van der Waals surface area (Å²) in [5, 5.41) is 11.3. The van der Waals surface area contributed by atoms with Crippen molar-refractivity contribution in [3.8, 4) is 11.5 Å². The number of thioether (sulfide) groups is 1. The van der Waals surface area contributed by atoms with Crippen LogP contribution in [0.4, 0.5) is 0 Å². The number of phenolic OH excluding ortho intramolecular Hbond substituents is 1. The van der Waals surface area contributed by atoms with Crippen LogP contribution in [-0.4, -0.2) is 41.3 Å². The zero-order chi connectivity index (χ0) is 21.2. The summed E-state index contributed by atoms with van der Waals surface area (Å²) in [7, 11) is 1.37. The summed E-state index contributed by atoms with van der Waals surface area (Å²) in [6.45, 7) is 3.96. The van der Waals surface area contributed by atoms with Crippen LogP contribution in [0.15, 0.2) is 35.5 Å². The molecule has 1 heterocycles. The molecule has 6 nitrogen and oxygen atoms in total. The number of pyridine rings is 1. The van der Waals surface area contributed by atoms with E-state index in [9.17, 15) is 14.7 Å². The number of methoxy groups -OCH3 is 1. The number of aromatic hydroxyl groups is 1. The molecule has 0 aliphatic rings. The molecule has 29 heavy (non-hydrogen) atoms. The summed E-state index contributed by atoms with van der Waals surface area (Å²) in [5.74, 6) is 1.04. The van der Waals surface area contributed by atoms with Crippen LogP contribution >= 0.6 is 11.8 Å². The first-order valence-electron chi connectivity index (χ1n) is 9.59. The van der Waals surface area contributed by atoms with Gasteiger partial charge in [0.2, 0.25) is 0 Å². The maximum atomic E-state index is 11.6. The molecule has 0 radical (unpaired) electrons. The minimum Gasteiger partial charge on any atom is -0.507 e. The lowest BCUT2D eigenvalue weighted by Gasteiger charge is -2.14. The van der Waals surface area contributed by atoms with Crippen molar-refractivity contribution in [1.29, 1.82) is 0 Å². The van der Waals surface area contributed by atoms with Gasteiger partial charge in [-0.3, -0.25) is 9.59 Å². The number of hydrogen-bond acceptors (Lipinski definition) is 7. The predicted octanol–water partition coefficient (Wildman–Crippen LogP) is 4.22. The first-order valence-corrected chi connectivity index (χ1v) is 10.6. The van der Waals surface area contributed by atoms with Crippen molar-refractivity contribution < 1.29 is 24.2 Å². The molecule has 7 heteroatoms. The second-order valence-corrected chi connectivity index (χ2v) is 7.67. The smallest absolute Gasteiger partial charge is 0.310 e.